The zero-order valence-corrected chi connectivity index (χ0v) is 6.25. The number of ether oxygens (including phenoxy) is 1. The molecule has 0 aromatic heterocycles. The Kier molecular flexibility index (Phi) is 3.51. The van der Waals surface area contributed by atoms with E-state index >= 15 is 0 Å². The molecule has 0 bridgehead atoms. The summed E-state index contributed by atoms with van der Waals surface area (Å²) in [5, 5.41) is -0.813. The zero-order chi connectivity index (χ0) is 9.94. The molecule has 2 nitrogen and oxygen atoms in total. The highest BCUT2D eigenvalue weighted by atomic mass is 35.5. The van der Waals surface area contributed by atoms with Gasteiger partial charge in [-0.3, -0.25) is 0 Å². The molecule has 0 N–H and O–H groups in total. The average molecular weight is 207 g/mol. The van der Waals surface area contributed by atoms with E-state index in [4.69, 9.17) is 11.6 Å². The van der Waals surface area contributed by atoms with Crippen LogP contribution >= 0.6 is 11.6 Å². The molecule has 0 aliphatic carbocycles. The monoisotopic (exact) mass is 206 g/mol. The molecule has 0 saturated heterocycles. The van der Waals surface area contributed by atoms with Gasteiger partial charge in [0.1, 0.15) is 0 Å². The van der Waals surface area contributed by atoms with Gasteiger partial charge >= 0.3 is 12.1 Å². The largest absolute Gasteiger partial charge is 0.430 e. The second-order valence-electron chi connectivity index (χ2n) is 1.68. The smallest absolute Gasteiger partial charge is 0.412 e. The Morgan fingerprint density at radius 1 is 1.50 bits per heavy atom. The minimum atomic E-state index is -5.27. The van der Waals surface area contributed by atoms with E-state index in [2.05, 4.69) is 11.3 Å². The maximum atomic E-state index is 12.0. The zero-order valence-electron chi connectivity index (χ0n) is 5.49. The van der Waals surface area contributed by atoms with E-state index in [1.807, 2.05) is 0 Å². The van der Waals surface area contributed by atoms with Crippen molar-refractivity contribution in [2.24, 2.45) is 0 Å². The number of carbonyl (C=O) groups is 1. The molecule has 1 unspecified atom stereocenters. The maximum absolute atomic E-state index is 12.0. The molecular weight excluding hydrogens is 203 g/mol. The summed E-state index contributed by atoms with van der Waals surface area (Å²) in [5.74, 6) is -2.12. The molecule has 1 atom stereocenters. The lowest BCUT2D eigenvalue weighted by atomic mass is 10.4. The lowest BCUT2D eigenvalue weighted by Crippen LogP contribution is -2.33. The molecule has 70 valence electrons. The first kappa shape index (κ1) is 11.2. The van der Waals surface area contributed by atoms with Gasteiger partial charge in [0.25, 0.3) is 6.17 Å². The van der Waals surface area contributed by atoms with Gasteiger partial charge < -0.3 is 4.74 Å². The Morgan fingerprint density at radius 2 is 1.92 bits per heavy atom. The molecule has 12 heavy (non-hydrogen) atoms. The normalized spacial score (nSPS) is 13.8. The Bertz CT molecular complexity index is 200. The molecule has 0 aromatic carbocycles. The Hall–Kier alpha value is -0.780. The standard InChI is InChI=1S/C5H3ClF4O2/c1-2(6)12-4(11)3(7)5(8,9)10/h3H,1H2. The van der Waals surface area contributed by atoms with Crippen LogP contribution in [0.2, 0.25) is 0 Å². The quantitative estimate of drug-likeness (QED) is 0.393. The molecule has 7 heteroatoms. The van der Waals surface area contributed by atoms with E-state index in [1.54, 1.807) is 0 Å². The SMILES string of the molecule is C=C(Cl)OC(=O)C(F)C(F)(F)F. The van der Waals surface area contributed by atoms with Crippen molar-refractivity contribution >= 4 is 17.6 Å². The summed E-state index contributed by atoms with van der Waals surface area (Å²) in [6.07, 6.45) is -8.96. The fraction of sp³-hybridized carbons (Fsp3) is 0.400. The van der Waals surface area contributed by atoms with Crippen LogP contribution in [0.5, 0.6) is 0 Å². The highest BCUT2D eigenvalue weighted by Gasteiger charge is 2.47. The fourth-order valence-electron chi connectivity index (χ4n) is 0.295. The first-order chi connectivity index (χ1) is 5.25. The van der Waals surface area contributed by atoms with Crippen LogP contribution in [0.15, 0.2) is 11.8 Å². The fourth-order valence-corrected chi connectivity index (χ4v) is 0.371. The van der Waals surface area contributed by atoms with Crippen LogP contribution in [0.1, 0.15) is 0 Å². The van der Waals surface area contributed by atoms with Crippen LogP contribution in [0.4, 0.5) is 17.6 Å². The second kappa shape index (κ2) is 3.75. The van der Waals surface area contributed by atoms with Crippen LogP contribution in [-0.2, 0) is 9.53 Å². The van der Waals surface area contributed by atoms with Gasteiger partial charge in [0, 0.05) is 0 Å². The highest BCUT2D eigenvalue weighted by molar-refractivity contribution is 6.28. The molecule has 0 amide bonds. The van der Waals surface area contributed by atoms with Crippen molar-refractivity contribution in [2.45, 2.75) is 12.3 Å². The lowest BCUT2D eigenvalue weighted by Gasteiger charge is -2.09. The molecule has 0 heterocycles. The van der Waals surface area contributed by atoms with E-state index in [0.29, 0.717) is 0 Å². The van der Waals surface area contributed by atoms with Crippen molar-refractivity contribution in [1.82, 2.24) is 0 Å². The first-order valence-electron chi connectivity index (χ1n) is 2.52. The van der Waals surface area contributed by atoms with Crippen LogP contribution in [0, 0.1) is 0 Å². The van der Waals surface area contributed by atoms with Gasteiger partial charge in [0.15, 0.2) is 5.22 Å². The van der Waals surface area contributed by atoms with Crippen LogP contribution in [-0.4, -0.2) is 18.3 Å². The Balaban J connectivity index is 4.21. The minimum absolute atomic E-state index is 0.813. The van der Waals surface area contributed by atoms with Gasteiger partial charge in [-0.25, -0.2) is 9.18 Å². The third-order valence-corrected chi connectivity index (χ3v) is 0.783. The molecule has 0 rings (SSSR count). The Labute approximate surface area is 69.7 Å². The van der Waals surface area contributed by atoms with Gasteiger partial charge in [-0.05, 0) is 18.2 Å². The van der Waals surface area contributed by atoms with Gasteiger partial charge in [-0.2, -0.15) is 13.2 Å². The average Bonchev–Trinajstić information content (AvgIpc) is 1.82. The van der Waals surface area contributed by atoms with Crippen LogP contribution in [0.25, 0.3) is 0 Å². The van der Waals surface area contributed by atoms with Crippen molar-refractivity contribution in [3.63, 3.8) is 0 Å². The van der Waals surface area contributed by atoms with E-state index in [9.17, 15) is 22.4 Å². The molecule has 0 aliphatic heterocycles. The van der Waals surface area contributed by atoms with E-state index < -0.39 is 23.5 Å². The number of esters is 1. The third-order valence-electron chi connectivity index (χ3n) is 0.706. The van der Waals surface area contributed by atoms with Crippen molar-refractivity contribution < 1.29 is 27.1 Å². The highest BCUT2D eigenvalue weighted by Crippen LogP contribution is 2.24. The Morgan fingerprint density at radius 3 is 2.17 bits per heavy atom. The summed E-state index contributed by atoms with van der Waals surface area (Å²) >= 11 is 4.80. The van der Waals surface area contributed by atoms with Crippen molar-refractivity contribution in [3.8, 4) is 0 Å². The van der Waals surface area contributed by atoms with Crippen molar-refractivity contribution in [2.75, 3.05) is 0 Å². The second-order valence-corrected chi connectivity index (χ2v) is 2.10. The molecule has 0 aliphatic rings. The van der Waals surface area contributed by atoms with Crippen molar-refractivity contribution in [1.29, 1.82) is 0 Å². The van der Waals surface area contributed by atoms with Crippen molar-refractivity contribution in [3.05, 3.63) is 11.8 Å². The van der Waals surface area contributed by atoms with Gasteiger partial charge in [0.2, 0.25) is 0 Å². The summed E-state index contributed by atoms with van der Waals surface area (Å²) in [4.78, 5) is 10.1. The van der Waals surface area contributed by atoms with Gasteiger partial charge in [0.05, 0.1) is 0 Å². The van der Waals surface area contributed by atoms with Crippen LogP contribution in [0.3, 0.4) is 0 Å². The summed E-state index contributed by atoms with van der Waals surface area (Å²) in [6, 6.07) is 0. The molecule has 0 saturated carbocycles. The summed E-state index contributed by atoms with van der Waals surface area (Å²) in [5.41, 5.74) is 0. The summed E-state index contributed by atoms with van der Waals surface area (Å²) < 4.78 is 49.7. The van der Waals surface area contributed by atoms with E-state index in [-0.39, 0.29) is 0 Å². The summed E-state index contributed by atoms with van der Waals surface area (Å²) in [6.45, 7) is 2.75. The molecule has 0 radical (unpaired) electrons. The number of halogens is 5. The number of carbonyl (C=O) groups excluding carboxylic acids is 1. The maximum Gasteiger partial charge on any atom is 0.430 e. The van der Waals surface area contributed by atoms with E-state index in [0.717, 1.165) is 0 Å². The molecular formula is C5H3ClF4O2. The molecule has 0 aromatic rings. The number of hydrogen-bond donors (Lipinski definition) is 0. The topological polar surface area (TPSA) is 26.3 Å². The first-order valence-corrected chi connectivity index (χ1v) is 2.90. The van der Waals surface area contributed by atoms with Crippen LogP contribution < -0.4 is 0 Å². The lowest BCUT2D eigenvalue weighted by molar-refractivity contribution is -0.197. The van der Waals surface area contributed by atoms with Gasteiger partial charge in [-0.1, -0.05) is 0 Å². The number of hydrogen-bond acceptors (Lipinski definition) is 2. The predicted octanol–water partition coefficient (Wildman–Crippen LogP) is 2.14. The predicted molar refractivity (Wildman–Crippen MR) is 32.0 cm³/mol. The molecule has 0 fully saturated rings. The molecule has 0 spiro atoms. The number of rotatable bonds is 2. The third kappa shape index (κ3) is 3.56. The number of alkyl halides is 4. The summed E-state index contributed by atoms with van der Waals surface area (Å²) in [7, 11) is 0. The minimum Gasteiger partial charge on any atom is -0.412 e. The van der Waals surface area contributed by atoms with E-state index in [1.165, 1.54) is 0 Å². The van der Waals surface area contributed by atoms with Gasteiger partial charge in [-0.15, -0.1) is 0 Å².